The molecule has 2 N–H and O–H groups in total. The van der Waals surface area contributed by atoms with Crippen LogP contribution in [0.4, 0.5) is 0 Å². The average Bonchev–Trinajstić information content (AvgIpc) is 2.77. The zero-order valence-corrected chi connectivity index (χ0v) is 7.84. The van der Waals surface area contributed by atoms with E-state index in [-0.39, 0.29) is 0 Å². The molecule has 0 aromatic rings. The molecule has 1 saturated carbocycles. The van der Waals surface area contributed by atoms with Crippen LogP contribution in [0.5, 0.6) is 0 Å². The van der Waals surface area contributed by atoms with Crippen LogP contribution in [0.1, 0.15) is 25.7 Å². The molecule has 0 aromatic carbocycles. The molecule has 1 aliphatic heterocycles. The first-order valence-corrected chi connectivity index (χ1v) is 5.31. The van der Waals surface area contributed by atoms with E-state index in [9.17, 15) is 0 Å². The van der Waals surface area contributed by atoms with E-state index in [0.717, 1.165) is 18.4 Å². The van der Waals surface area contributed by atoms with E-state index in [4.69, 9.17) is 5.73 Å². The molecule has 70 valence electrons. The van der Waals surface area contributed by atoms with Crippen molar-refractivity contribution in [3.05, 3.63) is 0 Å². The predicted molar refractivity (Wildman–Crippen MR) is 50.9 cm³/mol. The first-order valence-electron chi connectivity index (χ1n) is 5.31. The zero-order chi connectivity index (χ0) is 8.39. The van der Waals surface area contributed by atoms with Crippen molar-refractivity contribution in [2.24, 2.45) is 17.6 Å². The largest absolute Gasteiger partial charge is 0.330 e. The lowest BCUT2D eigenvalue weighted by Crippen LogP contribution is -2.47. The van der Waals surface area contributed by atoms with Crippen LogP contribution in [0.2, 0.25) is 0 Å². The SMILES string of the molecule is NCCCC1CN(CC2CC2)C1. The van der Waals surface area contributed by atoms with Crippen LogP contribution in [-0.2, 0) is 0 Å². The van der Waals surface area contributed by atoms with E-state index in [1.807, 2.05) is 0 Å². The van der Waals surface area contributed by atoms with Crippen LogP contribution in [0.15, 0.2) is 0 Å². The molecular formula is C10H20N2. The summed E-state index contributed by atoms with van der Waals surface area (Å²) in [5, 5.41) is 0. The average molecular weight is 168 g/mol. The Labute approximate surface area is 75.1 Å². The first-order chi connectivity index (χ1) is 5.88. The summed E-state index contributed by atoms with van der Waals surface area (Å²) in [7, 11) is 0. The van der Waals surface area contributed by atoms with Crippen molar-refractivity contribution in [2.75, 3.05) is 26.2 Å². The quantitative estimate of drug-likeness (QED) is 0.665. The van der Waals surface area contributed by atoms with Gasteiger partial charge in [-0.25, -0.2) is 0 Å². The molecule has 0 unspecified atom stereocenters. The monoisotopic (exact) mass is 168 g/mol. The van der Waals surface area contributed by atoms with Gasteiger partial charge in [-0.2, -0.15) is 0 Å². The molecule has 0 bridgehead atoms. The minimum absolute atomic E-state index is 0.874. The highest BCUT2D eigenvalue weighted by atomic mass is 15.2. The maximum atomic E-state index is 5.47. The third-order valence-corrected chi connectivity index (χ3v) is 3.06. The summed E-state index contributed by atoms with van der Waals surface area (Å²) >= 11 is 0. The summed E-state index contributed by atoms with van der Waals surface area (Å²) in [4.78, 5) is 2.61. The molecule has 2 heteroatoms. The zero-order valence-electron chi connectivity index (χ0n) is 7.84. The second kappa shape index (κ2) is 3.75. The molecule has 1 saturated heterocycles. The summed E-state index contributed by atoms with van der Waals surface area (Å²) < 4.78 is 0. The molecule has 0 spiro atoms. The van der Waals surface area contributed by atoms with Gasteiger partial charge in [0, 0.05) is 19.6 Å². The number of hydrogen-bond acceptors (Lipinski definition) is 2. The van der Waals surface area contributed by atoms with Gasteiger partial charge < -0.3 is 10.6 Å². The fraction of sp³-hybridized carbons (Fsp3) is 1.00. The van der Waals surface area contributed by atoms with E-state index in [0.29, 0.717) is 0 Å². The molecule has 0 radical (unpaired) electrons. The van der Waals surface area contributed by atoms with E-state index >= 15 is 0 Å². The molecule has 2 aliphatic rings. The van der Waals surface area contributed by atoms with Gasteiger partial charge in [-0.1, -0.05) is 0 Å². The topological polar surface area (TPSA) is 29.3 Å². The molecule has 1 heterocycles. The molecule has 1 aliphatic carbocycles. The van der Waals surface area contributed by atoms with Gasteiger partial charge in [0.05, 0.1) is 0 Å². The predicted octanol–water partition coefficient (Wildman–Crippen LogP) is 1.07. The second-order valence-corrected chi connectivity index (χ2v) is 4.46. The fourth-order valence-electron chi connectivity index (χ4n) is 2.08. The van der Waals surface area contributed by atoms with Crippen LogP contribution >= 0.6 is 0 Å². The number of nitrogens with zero attached hydrogens (tertiary/aromatic N) is 1. The normalized spacial score (nSPS) is 25.8. The Morgan fingerprint density at radius 1 is 1.17 bits per heavy atom. The second-order valence-electron chi connectivity index (χ2n) is 4.46. The number of hydrogen-bond donors (Lipinski definition) is 1. The summed E-state index contributed by atoms with van der Waals surface area (Å²) in [6.07, 6.45) is 5.56. The highest BCUT2D eigenvalue weighted by molar-refractivity contribution is 4.85. The van der Waals surface area contributed by atoms with Gasteiger partial charge in [-0.05, 0) is 44.1 Å². The third kappa shape index (κ3) is 2.20. The number of rotatable bonds is 5. The third-order valence-electron chi connectivity index (χ3n) is 3.06. The minimum Gasteiger partial charge on any atom is -0.330 e. The van der Waals surface area contributed by atoms with Crippen molar-refractivity contribution in [3.63, 3.8) is 0 Å². The molecule has 12 heavy (non-hydrogen) atoms. The van der Waals surface area contributed by atoms with Crippen molar-refractivity contribution < 1.29 is 0 Å². The van der Waals surface area contributed by atoms with E-state index in [1.165, 1.54) is 45.3 Å². The maximum Gasteiger partial charge on any atom is 0.00221 e. The summed E-state index contributed by atoms with van der Waals surface area (Å²) in [6, 6.07) is 0. The maximum absolute atomic E-state index is 5.47. The number of nitrogens with two attached hydrogens (primary N) is 1. The lowest BCUT2D eigenvalue weighted by Gasteiger charge is -2.39. The summed E-state index contributed by atoms with van der Waals surface area (Å²) in [5.74, 6) is 2.05. The van der Waals surface area contributed by atoms with Crippen LogP contribution in [0.3, 0.4) is 0 Å². The Morgan fingerprint density at radius 2 is 1.92 bits per heavy atom. The van der Waals surface area contributed by atoms with Crippen molar-refractivity contribution in [2.45, 2.75) is 25.7 Å². The number of likely N-dealkylation sites (tertiary alicyclic amines) is 1. The van der Waals surface area contributed by atoms with Gasteiger partial charge in [0.15, 0.2) is 0 Å². The summed E-state index contributed by atoms with van der Waals surface area (Å²) in [5.41, 5.74) is 5.47. The lowest BCUT2D eigenvalue weighted by molar-refractivity contribution is 0.0882. The van der Waals surface area contributed by atoms with Crippen molar-refractivity contribution in [3.8, 4) is 0 Å². The molecule has 2 fully saturated rings. The minimum atomic E-state index is 0.874. The van der Waals surface area contributed by atoms with Gasteiger partial charge in [-0.3, -0.25) is 0 Å². The molecule has 2 rings (SSSR count). The van der Waals surface area contributed by atoms with E-state index < -0.39 is 0 Å². The van der Waals surface area contributed by atoms with E-state index in [2.05, 4.69) is 4.90 Å². The van der Waals surface area contributed by atoms with Gasteiger partial charge in [0.1, 0.15) is 0 Å². The standard InChI is InChI=1S/C10H20N2/c11-5-1-2-10-7-12(8-10)6-9-3-4-9/h9-10H,1-8,11H2. The molecule has 0 aromatic heterocycles. The van der Waals surface area contributed by atoms with Crippen LogP contribution < -0.4 is 5.73 Å². The molecule has 2 nitrogen and oxygen atoms in total. The van der Waals surface area contributed by atoms with Gasteiger partial charge in [-0.15, -0.1) is 0 Å². The Balaban J connectivity index is 1.51. The molecule has 0 amide bonds. The summed E-state index contributed by atoms with van der Waals surface area (Å²) in [6.45, 7) is 4.98. The fourth-order valence-corrected chi connectivity index (χ4v) is 2.08. The Kier molecular flexibility index (Phi) is 2.66. The van der Waals surface area contributed by atoms with Gasteiger partial charge >= 0.3 is 0 Å². The smallest absolute Gasteiger partial charge is 0.00221 e. The Morgan fingerprint density at radius 3 is 2.50 bits per heavy atom. The highest BCUT2D eigenvalue weighted by Crippen LogP contribution is 2.32. The van der Waals surface area contributed by atoms with Crippen LogP contribution in [0.25, 0.3) is 0 Å². The van der Waals surface area contributed by atoms with Crippen molar-refractivity contribution in [1.29, 1.82) is 0 Å². The van der Waals surface area contributed by atoms with Gasteiger partial charge in [0.25, 0.3) is 0 Å². The van der Waals surface area contributed by atoms with E-state index in [1.54, 1.807) is 0 Å². The molecule has 0 atom stereocenters. The lowest BCUT2D eigenvalue weighted by atomic mass is 9.94. The van der Waals surface area contributed by atoms with Crippen molar-refractivity contribution >= 4 is 0 Å². The highest BCUT2D eigenvalue weighted by Gasteiger charge is 2.31. The first kappa shape index (κ1) is 8.52. The van der Waals surface area contributed by atoms with Crippen LogP contribution in [0, 0.1) is 11.8 Å². The van der Waals surface area contributed by atoms with Crippen molar-refractivity contribution in [1.82, 2.24) is 4.90 Å². The Hall–Kier alpha value is -0.0800. The molecular weight excluding hydrogens is 148 g/mol. The van der Waals surface area contributed by atoms with Gasteiger partial charge in [0.2, 0.25) is 0 Å². The Bertz CT molecular complexity index is 137. The van der Waals surface area contributed by atoms with Crippen LogP contribution in [-0.4, -0.2) is 31.1 Å².